The van der Waals surface area contributed by atoms with Crippen molar-refractivity contribution in [2.24, 2.45) is 5.92 Å². The van der Waals surface area contributed by atoms with Crippen LogP contribution < -0.4 is 5.73 Å². The van der Waals surface area contributed by atoms with Gasteiger partial charge in [-0.1, -0.05) is 26.0 Å². The van der Waals surface area contributed by atoms with Gasteiger partial charge in [0.25, 0.3) is 6.54 Å². The third-order valence-electron chi connectivity index (χ3n) is 5.14. The lowest BCUT2D eigenvalue weighted by atomic mass is 9.85. The molecule has 176 valence electrons. The molecule has 2 rings (SSSR count). The monoisotopic (exact) mass is 462 g/mol. The first kappa shape index (κ1) is 25.9. The third kappa shape index (κ3) is 5.93. The smallest absolute Gasteiger partial charge is 0.382 e. The van der Waals surface area contributed by atoms with Crippen molar-refractivity contribution in [3.05, 3.63) is 52.6 Å². The van der Waals surface area contributed by atoms with Crippen LogP contribution in [0.25, 0.3) is 16.1 Å². The molecule has 3 N–H and O–H groups in total. The van der Waals surface area contributed by atoms with Crippen LogP contribution in [-0.4, -0.2) is 39.4 Å². The molecule has 0 amide bonds. The molecule has 33 heavy (non-hydrogen) atoms. The van der Waals surface area contributed by atoms with Crippen LogP contribution in [0, 0.1) is 19.4 Å². The molecule has 7 nitrogen and oxygen atoms in total. The number of Topliss-reactive ketones (excluding diaryl/α,β-unsaturated/α-hetero) is 2. The van der Waals surface area contributed by atoms with E-state index < -0.39 is 42.5 Å². The molecule has 0 radical (unpaired) electrons. The molecule has 0 bridgehead atoms. The number of alkyl halides is 3. The fourth-order valence-corrected chi connectivity index (χ4v) is 3.29. The van der Waals surface area contributed by atoms with Crippen molar-refractivity contribution in [2.75, 3.05) is 12.3 Å². The molecule has 0 aliphatic heterocycles. The van der Waals surface area contributed by atoms with Crippen LogP contribution >= 0.6 is 0 Å². The topological polar surface area (TPSA) is 111 Å². The Morgan fingerprint density at radius 3 is 2.52 bits per heavy atom. The highest BCUT2D eigenvalue weighted by atomic mass is 19.4. The van der Waals surface area contributed by atoms with E-state index in [1.807, 2.05) is 13.8 Å². The number of aromatic nitrogens is 2. The van der Waals surface area contributed by atoms with Gasteiger partial charge >= 0.3 is 6.18 Å². The molecule has 1 unspecified atom stereocenters. The van der Waals surface area contributed by atoms with Gasteiger partial charge in [-0.05, 0) is 36.5 Å². The van der Waals surface area contributed by atoms with Crippen molar-refractivity contribution < 1.29 is 27.9 Å². The van der Waals surface area contributed by atoms with E-state index in [0.29, 0.717) is 5.56 Å². The Bertz CT molecular complexity index is 1090. The molecular formula is C23H25F3N4O3. The normalized spacial score (nSPS) is 13.4. The quantitative estimate of drug-likeness (QED) is 0.425. The maximum Gasteiger partial charge on any atom is 0.421 e. The minimum absolute atomic E-state index is 0.0415. The van der Waals surface area contributed by atoms with E-state index >= 15 is 0 Å². The number of rotatable bonds is 9. The second kappa shape index (κ2) is 10.1. The highest BCUT2D eigenvalue weighted by molar-refractivity contribution is 5.98. The van der Waals surface area contributed by atoms with Crippen LogP contribution in [0.2, 0.25) is 0 Å². The molecule has 1 aromatic carbocycles. The van der Waals surface area contributed by atoms with Crippen LogP contribution in [0.5, 0.6) is 0 Å². The standard InChI is InChI=1S/C23H25F3N4O3/c1-13(2)9-19(32)20-21(27)29-12-18(30-20)17-10-15(6-5-14(17)3)22(33,23(24,25)26)8-7-16(31)11-28-4/h5-6,10,12-13,33H,7-9,11H2,1-3H3,(H2,27,29). The Balaban J connectivity index is 2.55. The Hall–Kier alpha value is -3.32. The average Bonchev–Trinajstić information content (AvgIpc) is 2.71. The zero-order chi connectivity index (χ0) is 25.0. The van der Waals surface area contributed by atoms with Gasteiger partial charge in [0.15, 0.2) is 17.2 Å². The molecule has 2 aromatic rings. The zero-order valence-electron chi connectivity index (χ0n) is 18.5. The predicted molar refractivity (Wildman–Crippen MR) is 116 cm³/mol. The summed E-state index contributed by atoms with van der Waals surface area (Å²) in [5.41, 5.74) is 2.82. The number of aliphatic hydroxyl groups is 1. The number of ketones is 2. The third-order valence-corrected chi connectivity index (χ3v) is 5.14. The minimum Gasteiger partial charge on any atom is -0.382 e. The number of carbonyl (C=O) groups is 2. The zero-order valence-corrected chi connectivity index (χ0v) is 18.5. The number of nitrogen functional groups attached to an aromatic ring is 1. The molecule has 0 saturated carbocycles. The summed E-state index contributed by atoms with van der Waals surface area (Å²) >= 11 is 0. The summed E-state index contributed by atoms with van der Waals surface area (Å²) in [6.45, 7) is 11.5. The van der Waals surface area contributed by atoms with Gasteiger partial charge in [0.1, 0.15) is 5.69 Å². The van der Waals surface area contributed by atoms with Crippen LogP contribution in [0.3, 0.4) is 0 Å². The number of benzene rings is 1. The predicted octanol–water partition coefficient (Wildman–Crippen LogP) is 4.28. The lowest BCUT2D eigenvalue weighted by Gasteiger charge is -2.31. The second-order valence-corrected chi connectivity index (χ2v) is 8.25. The van der Waals surface area contributed by atoms with Crippen LogP contribution in [-0.2, 0) is 10.4 Å². The number of carbonyl (C=O) groups excluding carboxylic acids is 2. The molecule has 0 saturated heterocycles. The van der Waals surface area contributed by atoms with E-state index in [0.717, 1.165) is 12.1 Å². The van der Waals surface area contributed by atoms with E-state index in [4.69, 9.17) is 12.3 Å². The van der Waals surface area contributed by atoms with Crippen molar-refractivity contribution in [3.63, 3.8) is 0 Å². The first-order valence-electron chi connectivity index (χ1n) is 10.2. The Kier molecular flexibility index (Phi) is 7.93. The second-order valence-electron chi connectivity index (χ2n) is 8.25. The Labute approximate surface area is 189 Å². The summed E-state index contributed by atoms with van der Waals surface area (Å²) in [5.74, 6) is -1.07. The van der Waals surface area contributed by atoms with Crippen molar-refractivity contribution in [1.29, 1.82) is 0 Å². The van der Waals surface area contributed by atoms with Gasteiger partial charge in [0.2, 0.25) is 5.78 Å². The van der Waals surface area contributed by atoms with Crippen LogP contribution in [0.15, 0.2) is 24.4 Å². The van der Waals surface area contributed by atoms with Crippen molar-refractivity contribution in [1.82, 2.24) is 9.97 Å². The van der Waals surface area contributed by atoms with E-state index in [-0.39, 0.29) is 40.9 Å². The number of aryl methyl sites for hydroxylation is 1. The van der Waals surface area contributed by atoms with Gasteiger partial charge < -0.3 is 15.7 Å². The van der Waals surface area contributed by atoms with Gasteiger partial charge in [-0.15, -0.1) is 0 Å². The van der Waals surface area contributed by atoms with E-state index in [2.05, 4.69) is 14.8 Å². The molecule has 1 heterocycles. The van der Waals surface area contributed by atoms with Gasteiger partial charge in [-0.2, -0.15) is 13.2 Å². The number of halogens is 3. The Morgan fingerprint density at radius 1 is 1.27 bits per heavy atom. The lowest BCUT2D eigenvalue weighted by molar-refractivity contribution is -0.269. The molecule has 0 aliphatic carbocycles. The summed E-state index contributed by atoms with van der Waals surface area (Å²) in [5, 5.41) is 10.6. The Morgan fingerprint density at radius 2 is 1.94 bits per heavy atom. The fraction of sp³-hybridized carbons (Fsp3) is 0.435. The first-order valence-corrected chi connectivity index (χ1v) is 10.2. The van der Waals surface area contributed by atoms with E-state index in [1.165, 1.54) is 12.3 Å². The summed E-state index contributed by atoms with van der Waals surface area (Å²) in [4.78, 5) is 35.2. The van der Waals surface area contributed by atoms with Crippen LogP contribution in [0.1, 0.15) is 54.7 Å². The lowest BCUT2D eigenvalue weighted by Crippen LogP contribution is -2.42. The number of hydrogen-bond donors (Lipinski definition) is 2. The number of nitrogens with zero attached hydrogens (tertiary/aromatic N) is 3. The van der Waals surface area contributed by atoms with Gasteiger partial charge in [0, 0.05) is 18.4 Å². The molecule has 10 heteroatoms. The summed E-state index contributed by atoms with van der Waals surface area (Å²) in [7, 11) is 0. The van der Waals surface area contributed by atoms with Crippen LogP contribution in [0.4, 0.5) is 19.0 Å². The first-order chi connectivity index (χ1) is 15.3. The fourth-order valence-electron chi connectivity index (χ4n) is 3.29. The summed E-state index contributed by atoms with van der Waals surface area (Å²) in [6, 6.07) is 3.64. The highest BCUT2D eigenvalue weighted by Crippen LogP contribution is 2.43. The summed E-state index contributed by atoms with van der Waals surface area (Å²) in [6.07, 6.45) is -5.20. The van der Waals surface area contributed by atoms with Gasteiger partial charge in [0.05, 0.1) is 11.9 Å². The molecular weight excluding hydrogens is 437 g/mol. The molecule has 0 fully saturated rings. The van der Waals surface area contributed by atoms with E-state index in [1.54, 1.807) is 6.92 Å². The molecule has 1 atom stereocenters. The van der Waals surface area contributed by atoms with Crippen molar-refractivity contribution in [3.8, 4) is 11.3 Å². The van der Waals surface area contributed by atoms with Crippen molar-refractivity contribution in [2.45, 2.75) is 51.8 Å². The minimum atomic E-state index is -5.08. The molecule has 1 aromatic heterocycles. The molecule has 0 spiro atoms. The highest BCUT2D eigenvalue weighted by Gasteiger charge is 2.54. The number of hydrogen-bond acceptors (Lipinski definition) is 6. The van der Waals surface area contributed by atoms with Gasteiger partial charge in [-0.25, -0.2) is 16.5 Å². The average molecular weight is 462 g/mol. The maximum atomic E-state index is 13.9. The van der Waals surface area contributed by atoms with Gasteiger partial charge in [-0.3, -0.25) is 9.59 Å². The maximum absolute atomic E-state index is 13.9. The SMILES string of the molecule is [C-]#[N+]CC(=O)CCC(O)(c1ccc(C)c(-c2cnc(N)c(C(=O)CC(C)C)n2)c1)C(F)(F)F. The number of anilines is 1. The largest absolute Gasteiger partial charge is 0.421 e. The number of nitrogens with two attached hydrogens (primary N) is 1. The van der Waals surface area contributed by atoms with E-state index in [9.17, 15) is 27.9 Å². The van der Waals surface area contributed by atoms with Crippen molar-refractivity contribution >= 4 is 17.4 Å². The summed E-state index contributed by atoms with van der Waals surface area (Å²) < 4.78 is 41.7. The molecule has 0 aliphatic rings.